The Morgan fingerprint density at radius 1 is 0.289 bits per heavy atom. The average Bonchev–Trinajstić information content (AvgIpc) is 2.99. The Balaban J connectivity index is 1.60. The molecule has 0 saturated heterocycles. The highest BCUT2D eigenvalue weighted by atomic mass is 14.9. The fourth-order valence-corrected chi connectivity index (χ4v) is 3.70. The van der Waals surface area contributed by atoms with Gasteiger partial charge in [-0.1, -0.05) is 121 Å². The van der Waals surface area contributed by atoms with Gasteiger partial charge < -0.3 is 0 Å². The lowest BCUT2D eigenvalue weighted by Crippen LogP contribution is -1.84. The normalized spacial score (nSPS) is 11.8. The van der Waals surface area contributed by atoms with E-state index in [0.717, 1.165) is 22.3 Å². The molecule has 0 spiro atoms. The van der Waals surface area contributed by atoms with Crippen molar-refractivity contribution in [2.75, 3.05) is 0 Å². The predicted octanol–water partition coefficient (Wildman–Crippen LogP) is 8.69. The summed E-state index contributed by atoms with van der Waals surface area (Å²) in [5, 5.41) is 0. The minimum absolute atomic E-state index is 0.708. The second-order valence-electron chi connectivity index (χ2n) is 8.51. The van der Waals surface area contributed by atoms with Crippen molar-refractivity contribution in [1.82, 2.24) is 0 Å². The van der Waals surface area contributed by atoms with E-state index in [-0.39, 0.29) is 0 Å². The summed E-state index contributed by atoms with van der Waals surface area (Å²) in [4.78, 5) is 19.2. The summed E-state index contributed by atoms with van der Waals surface area (Å²) in [6.45, 7) is 0. The maximum Gasteiger partial charge on any atom is 0.0909 e. The van der Waals surface area contributed by atoms with Crippen molar-refractivity contribution < 1.29 is 0 Å². The molecule has 0 aromatic heterocycles. The number of rotatable bonds is 8. The highest BCUT2D eigenvalue weighted by Gasteiger charge is 2.09. The van der Waals surface area contributed by atoms with Crippen LogP contribution >= 0.6 is 0 Å². The highest BCUT2D eigenvalue weighted by molar-refractivity contribution is 5.92. The average molecular weight is 491 g/mol. The molecule has 0 unspecified atom stereocenters. The van der Waals surface area contributed by atoms with E-state index >= 15 is 0 Å². The summed E-state index contributed by atoms with van der Waals surface area (Å²) in [5.41, 5.74) is 6.86. The van der Waals surface area contributed by atoms with E-state index in [1.54, 1.807) is 0 Å². The molecule has 0 atom stereocenters. The van der Waals surface area contributed by atoms with Gasteiger partial charge in [-0.05, 0) is 34.4 Å². The third-order valence-electron chi connectivity index (χ3n) is 5.68. The van der Waals surface area contributed by atoms with Gasteiger partial charge in [0, 0.05) is 24.9 Å². The van der Waals surface area contributed by atoms with Crippen molar-refractivity contribution in [1.29, 1.82) is 0 Å². The molecule has 4 nitrogen and oxygen atoms in total. The molecule has 5 aromatic rings. The zero-order valence-corrected chi connectivity index (χ0v) is 20.8. The van der Waals surface area contributed by atoms with Crippen LogP contribution in [-0.2, 0) is 0 Å². The van der Waals surface area contributed by atoms with E-state index in [9.17, 15) is 0 Å². The minimum atomic E-state index is 0.708. The molecule has 0 bridgehead atoms. The Morgan fingerprint density at radius 3 is 0.711 bits per heavy atom. The summed E-state index contributed by atoms with van der Waals surface area (Å²) in [6.07, 6.45) is 7.37. The molecule has 0 aliphatic heterocycles. The van der Waals surface area contributed by atoms with Gasteiger partial charge in [0.15, 0.2) is 0 Å². The molecule has 0 fully saturated rings. The van der Waals surface area contributed by atoms with Crippen LogP contribution in [0.15, 0.2) is 153 Å². The molecule has 0 aliphatic carbocycles. The van der Waals surface area contributed by atoms with Crippen molar-refractivity contribution in [3.05, 3.63) is 156 Å². The summed E-state index contributed by atoms with van der Waals surface area (Å²) in [5.74, 6) is 0. The van der Waals surface area contributed by atoms with Crippen LogP contribution in [0.5, 0.6) is 0 Å². The maximum atomic E-state index is 4.80. The first-order chi connectivity index (χ1) is 18.8. The Labute approximate surface area is 223 Å². The van der Waals surface area contributed by atoms with Crippen LogP contribution in [0.4, 0.5) is 22.7 Å². The SMILES string of the molecule is C(=Nc1cc(N=Cc2ccccc2)c(N=Cc2ccccc2)cc1N=Cc1ccccc1)c1ccccc1. The van der Waals surface area contributed by atoms with Gasteiger partial charge in [0.1, 0.15) is 0 Å². The summed E-state index contributed by atoms with van der Waals surface area (Å²) < 4.78 is 0. The van der Waals surface area contributed by atoms with Gasteiger partial charge in [0.25, 0.3) is 0 Å². The second-order valence-corrected chi connectivity index (χ2v) is 8.51. The van der Waals surface area contributed by atoms with Crippen molar-refractivity contribution in [3.63, 3.8) is 0 Å². The number of hydrogen-bond donors (Lipinski definition) is 0. The monoisotopic (exact) mass is 490 g/mol. The van der Waals surface area contributed by atoms with Gasteiger partial charge in [-0.2, -0.15) is 0 Å². The van der Waals surface area contributed by atoms with Crippen LogP contribution in [0.3, 0.4) is 0 Å². The lowest BCUT2D eigenvalue weighted by molar-refractivity contribution is 1.40. The first-order valence-electron chi connectivity index (χ1n) is 12.4. The van der Waals surface area contributed by atoms with E-state index in [0.29, 0.717) is 22.7 Å². The smallest absolute Gasteiger partial charge is 0.0909 e. The van der Waals surface area contributed by atoms with Gasteiger partial charge in [0.2, 0.25) is 0 Å². The molecule has 5 rings (SSSR count). The van der Waals surface area contributed by atoms with Gasteiger partial charge in [-0.25, -0.2) is 0 Å². The molecule has 182 valence electrons. The standard InChI is InChI=1S/C34H26N4/c1-5-13-27(14-6-1)23-35-31-21-33(37-25-29-17-9-3-10-18-29)34(38-26-30-19-11-4-12-20-30)22-32(31)36-24-28-15-7-2-8-16-28/h1-26H. The molecule has 5 aromatic carbocycles. The molecule has 0 radical (unpaired) electrons. The van der Waals surface area contributed by atoms with Crippen LogP contribution in [0, 0.1) is 0 Å². The zero-order chi connectivity index (χ0) is 25.8. The van der Waals surface area contributed by atoms with E-state index < -0.39 is 0 Å². The molecule has 0 aliphatic rings. The first-order valence-corrected chi connectivity index (χ1v) is 12.4. The molecule has 0 amide bonds. The summed E-state index contributed by atoms with van der Waals surface area (Å²) in [6, 6.07) is 43.9. The van der Waals surface area contributed by atoms with E-state index in [2.05, 4.69) is 0 Å². The second kappa shape index (κ2) is 12.7. The van der Waals surface area contributed by atoms with E-state index in [4.69, 9.17) is 20.0 Å². The fourth-order valence-electron chi connectivity index (χ4n) is 3.70. The third-order valence-corrected chi connectivity index (χ3v) is 5.68. The Hall–Kier alpha value is -5.22. The molecule has 38 heavy (non-hydrogen) atoms. The van der Waals surface area contributed by atoms with Crippen molar-refractivity contribution in [3.8, 4) is 0 Å². The molecular formula is C34H26N4. The molecule has 0 heterocycles. The number of benzene rings is 5. The quantitative estimate of drug-likeness (QED) is 0.195. The van der Waals surface area contributed by atoms with Gasteiger partial charge in [0.05, 0.1) is 22.7 Å². The Kier molecular flexibility index (Phi) is 8.15. The summed E-state index contributed by atoms with van der Waals surface area (Å²) in [7, 11) is 0. The number of hydrogen-bond acceptors (Lipinski definition) is 4. The predicted molar refractivity (Wildman–Crippen MR) is 161 cm³/mol. The highest BCUT2D eigenvalue weighted by Crippen LogP contribution is 2.40. The van der Waals surface area contributed by atoms with Crippen LogP contribution in [0.1, 0.15) is 22.3 Å². The summed E-state index contributed by atoms with van der Waals surface area (Å²) >= 11 is 0. The molecule has 0 N–H and O–H groups in total. The molecule has 0 saturated carbocycles. The Bertz CT molecular complexity index is 1330. The topological polar surface area (TPSA) is 49.4 Å². The lowest BCUT2D eigenvalue weighted by atomic mass is 10.2. The van der Waals surface area contributed by atoms with Crippen molar-refractivity contribution >= 4 is 47.6 Å². The minimum Gasteiger partial charge on any atom is -0.254 e. The van der Waals surface area contributed by atoms with Crippen LogP contribution in [-0.4, -0.2) is 24.9 Å². The van der Waals surface area contributed by atoms with Gasteiger partial charge in [-0.3, -0.25) is 20.0 Å². The fraction of sp³-hybridized carbons (Fsp3) is 0. The Morgan fingerprint density at radius 2 is 0.500 bits per heavy atom. The zero-order valence-electron chi connectivity index (χ0n) is 20.8. The number of nitrogens with zero attached hydrogens (tertiary/aromatic N) is 4. The van der Waals surface area contributed by atoms with E-state index in [1.165, 1.54) is 0 Å². The maximum absolute atomic E-state index is 4.80. The lowest BCUT2D eigenvalue weighted by Gasteiger charge is -2.07. The van der Waals surface area contributed by atoms with Gasteiger partial charge >= 0.3 is 0 Å². The van der Waals surface area contributed by atoms with Crippen LogP contribution in [0.2, 0.25) is 0 Å². The van der Waals surface area contributed by atoms with Crippen molar-refractivity contribution in [2.45, 2.75) is 0 Å². The van der Waals surface area contributed by atoms with Crippen LogP contribution in [0.25, 0.3) is 0 Å². The van der Waals surface area contributed by atoms with Crippen molar-refractivity contribution in [2.24, 2.45) is 20.0 Å². The van der Waals surface area contributed by atoms with Gasteiger partial charge in [-0.15, -0.1) is 0 Å². The largest absolute Gasteiger partial charge is 0.254 e. The van der Waals surface area contributed by atoms with Crippen LogP contribution < -0.4 is 0 Å². The number of aliphatic imine (C=N–C) groups is 4. The van der Waals surface area contributed by atoms with E-state index in [1.807, 2.05) is 158 Å². The first kappa shape index (κ1) is 24.5. The molecule has 4 heteroatoms. The third kappa shape index (κ3) is 6.93. The molecular weight excluding hydrogens is 464 g/mol.